The van der Waals surface area contributed by atoms with Crippen molar-refractivity contribution < 1.29 is 0 Å². The van der Waals surface area contributed by atoms with E-state index < -0.39 is 0 Å². The van der Waals surface area contributed by atoms with E-state index in [1.54, 1.807) is 0 Å². The van der Waals surface area contributed by atoms with E-state index >= 15 is 0 Å². The molecule has 0 heterocycles. The number of hydrogen-bond acceptors (Lipinski definition) is 0. The van der Waals surface area contributed by atoms with Crippen LogP contribution in [0.5, 0.6) is 0 Å². The highest BCUT2D eigenvalue weighted by Crippen LogP contribution is 2.33. The van der Waals surface area contributed by atoms with Crippen molar-refractivity contribution in [2.75, 3.05) is 0 Å². The van der Waals surface area contributed by atoms with Crippen molar-refractivity contribution >= 4 is 22.4 Å². The third kappa shape index (κ3) is 2.24. The van der Waals surface area contributed by atoms with Crippen molar-refractivity contribution in [2.45, 2.75) is 13.3 Å². The molecule has 0 spiro atoms. The molecular formula is C18H15Cl. The van der Waals surface area contributed by atoms with Crippen LogP contribution in [0.2, 0.25) is 5.02 Å². The van der Waals surface area contributed by atoms with E-state index in [2.05, 4.69) is 55.5 Å². The zero-order chi connectivity index (χ0) is 13.2. The molecule has 0 N–H and O–H groups in total. The highest BCUT2D eigenvalue weighted by atomic mass is 35.5. The fourth-order valence-corrected chi connectivity index (χ4v) is 2.75. The minimum absolute atomic E-state index is 0.790. The lowest BCUT2D eigenvalue weighted by atomic mass is 9.92. The molecule has 0 unspecified atom stereocenters. The van der Waals surface area contributed by atoms with E-state index in [1.807, 2.05) is 12.1 Å². The zero-order valence-corrected chi connectivity index (χ0v) is 11.6. The second-order valence-corrected chi connectivity index (χ2v) is 5.12. The first kappa shape index (κ1) is 12.3. The first-order chi connectivity index (χ1) is 9.29. The third-order valence-corrected chi connectivity index (χ3v) is 3.75. The van der Waals surface area contributed by atoms with Gasteiger partial charge in [-0.25, -0.2) is 0 Å². The Balaban J connectivity index is 2.39. The molecule has 0 nitrogen and oxygen atoms in total. The predicted octanol–water partition coefficient (Wildman–Crippen LogP) is 5.72. The third-order valence-electron chi connectivity index (χ3n) is 3.51. The molecule has 3 aromatic carbocycles. The van der Waals surface area contributed by atoms with Gasteiger partial charge in [-0.3, -0.25) is 0 Å². The number of benzene rings is 3. The highest BCUT2D eigenvalue weighted by Gasteiger charge is 2.09. The lowest BCUT2D eigenvalue weighted by molar-refractivity contribution is 1.15. The molecule has 0 aliphatic rings. The maximum Gasteiger partial charge on any atom is 0.0412 e. The van der Waals surface area contributed by atoms with Crippen molar-refractivity contribution in [2.24, 2.45) is 0 Å². The SMILES string of the molecule is CCc1ccc2ccc(Cl)cc2c1-c1ccccc1. The Hall–Kier alpha value is -1.79. The molecule has 0 saturated heterocycles. The molecule has 94 valence electrons. The van der Waals surface area contributed by atoms with Crippen molar-refractivity contribution in [1.29, 1.82) is 0 Å². The normalized spacial score (nSPS) is 10.8. The van der Waals surface area contributed by atoms with E-state index in [0.717, 1.165) is 11.4 Å². The Labute approximate surface area is 118 Å². The standard InChI is InChI=1S/C18H15Cl/c1-2-13-8-9-14-10-11-16(19)12-17(14)18(13)15-6-4-3-5-7-15/h3-12H,2H2,1H3. The quantitative estimate of drug-likeness (QED) is 0.556. The van der Waals surface area contributed by atoms with Crippen LogP contribution in [0, 0.1) is 0 Å². The van der Waals surface area contributed by atoms with E-state index in [0.29, 0.717) is 0 Å². The van der Waals surface area contributed by atoms with Crippen molar-refractivity contribution in [3.8, 4) is 11.1 Å². The summed E-state index contributed by atoms with van der Waals surface area (Å²) in [4.78, 5) is 0. The number of hydrogen-bond donors (Lipinski definition) is 0. The molecule has 19 heavy (non-hydrogen) atoms. The first-order valence-corrected chi connectivity index (χ1v) is 6.94. The summed E-state index contributed by atoms with van der Waals surface area (Å²) in [7, 11) is 0. The largest absolute Gasteiger partial charge is 0.0843 e. The van der Waals surface area contributed by atoms with Crippen molar-refractivity contribution in [3.05, 3.63) is 71.2 Å². The monoisotopic (exact) mass is 266 g/mol. The van der Waals surface area contributed by atoms with Crippen molar-refractivity contribution in [3.63, 3.8) is 0 Å². The van der Waals surface area contributed by atoms with Crippen LogP contribution in [-0.4, -0.2) is 0 Å². The number of rotatable bonds is 2. The van der Waals surface area contributed by atoms with E-state index in [-0.39, 0.29) is 0 Å². The van der Waals surface area contributed by atoms with Crippen LogP contribution in [0.4, 0.5) is 0 Å². The summed E-state index contributed by atoms with van der Waals surface area (Å²) < 4.78 is 0. The highest BCUT2D eigenvalue weighted by molar-refractivity contribution is 6.31. The number of aryl methyl sites for hydroxylation is 1. The number of fused-ring (bicyclic) bond motifs is 1. The molecule has 0 radical (unpaired) electrons. The Bertz CT molecular complexity index is 714. The fourth-order valence-electron chi connectivity index (χ4n) is 2.58. The second kappa shape index (κ2) is 5.07. The van der Waals surface area contributed by atoms with Gasteiger partial charge in [0.25, 0.3) is 0 Å². The molecular weight excluding hydrogens is 252 g/mol. The van der Waals surface area contributed by atoms with Crippen LogP contribution in [0.25, 0.3) is 21.9 Å². The molecule has 1 heteroatoms. The van der Waals surface area contributed by atoms with Crippen LogP contribution in [-0.2, 0) is 6.42 Å². The summed E-state index contributed by atoms with van der Waals surface area (Å²) in [5.74, 6) is 0. The number of halogens is 1. The minimum atomic E-state index is 0.790. The maximum absolute atomic E-state index is 6.17. The average molecular weight is 267 g/mol. The van der Waals surface area contributed by atoms with Gasteiger partial charge in [0.2, 0.25) is 0 Å². The van der Waals surface area contributed by atoms with Gasteiger partial charge in [-0.05, 0) is 46.0 Å². The Kier molecular flexibility index (Phi) is 3.27. The molecule has 3 rings (SSSR count). The van der Waals surface area contributed by atoms with Crippen LogP contribution in [0.1, 0.15) is 12.5 Å². The topological polar surface area (TPSA) is 0 Å². The zero-order valence-electron chi connectivity index (χ0n) is 10.9. The van der Waals surface area contributed by atoms with Crippen LogP contribution in [0.3, 0.4) is 0 Å². The summed E-state index contributed by atoms with van der Waals surface area (Å²) >= 11 is 6.17. The molecule has 0 bridgehead atoms. The van der Waals surface area contributed by atoms with Gasteiger partial charge < -0.3 is 0 Å². The Morgan fingerprint density at radius 3 is 2.37 bits per heavy atom. The fraction of sp³-hybridized carbons (Fsp3) is 0.111. The van der Waals surface area contributed by atoms with E-state index in [9.17, 15) is 0 Å². The predicted molar refractivity (Wildman–Crippen MR) is 83.8 cm³/mol. The molecule has 0 saturated carbocycles. The second-order valence-electron chi connectivity index (χ2n) is 4.68. The van der Waals surface area contributed by atoms with Gasteiger partial charge in [-0.15, -0.1) is 0 Å². The molecule has 0 aliphatic carbocycles. The molecule has 3 aromatic rings. The van der Waals surface area contributed by atoms with Gasteiger partial charge in [0.15, 0.2) is 0 Å². The van der Waals surface area contributed by atoms with Crippen molar-refractivity contribution in [1.82, 2.24) is 0 Å². The van der Waals surface area contributed by atoms with Crippen LogP contribution >= 0.6 is 11.6 Å². The maximum atomic E-state index is 6.17. The van der Waals surface area contributed by atoms with E-state index in [4.69, 9.17) is 11.6 Å². The van der Waals surface area contributed by atoms with E-state index in [1.165, 1.54) is 27.5 Å². The average Bonchev–Trinajstić information content (AvgIpc) is 2.46. The van der Waals surface area contributed by atoms with Gasteiger partial charge in [0, 0.05) is 5.02 Å². The van der Waals surface area contributed by atoms with Crippen LogP contribution in [0.15, 0.2) is 60.7 Å². The van der Waals surface area contributed by atoms with Crippen LogP contribution < -0.4 is 0 Å². The first-order valence-electron chi connectivity index (χ1n) is 6.56. The molecule has 0 amide bonds. The smallest absolute Gasteiger partial charge is 0.0412 e. The lowest BCUT2D eigenvalue weighted by Gasteiger charge is -2.12. The molecule has 0 aliphatic heterocycles. The van der Waals surface area contributed by atoms with Gasteiger partial charge in [-0.2, -0.15) is 0 Å². The summed E-state index contributed by atoms with van der Waals surface area (Å²) in [6.07, 6.45) is 1.02. The van der Waals surface area contributed by atoms with Gasteiger partial charge >= 0.3 is 0 Å². The molecule has 0 atom stereocenters. The van der Waals surface area contributed by atoms with Gasteiger partial charge in [-0.1, -0.05) is 67.1 Å². The lowest BCUT2D eigenvalue weighted by Crippen LogP contribution is -1.90. The molecule has 0 fully saturated rings. The summed E-state index contributed by atoms with van der Waals surface area (Å²) in [5.41, 5.74) is 3.93. The Morgan fingerprint density at radius 1 is 0.895 bits per heavy atom. The minimum Gasteiger partial charge on any atom is -0.0843 e. The summed E-state index contributed by atoms with van der Waals surface area (Å²) in [5, 5.41) is 3.26. The van der Waals surface area contributed by atoms with Gasteiger partial charge in [0.1, 0.15) is 0 Å². The van der Waals surface area contributed by atoms with Gasteiger partial charge in [0.05, 0.1) is 0 Å². The summed E-state index contributed by atoms with van der Waals surface area (Å²) in [6, 6.07) is 21.0. The molecule has 0 aromatic heterocycles. The summed E-state index contributed by atoms with van der Waals surface area (Å²) in [6.45, 7) is 2.19. The Morgan fingerprint density at radius 2 is 1.63 bits per heavy atom.